The number of hydrogen-bond acceptors (Lipinski definition) is 31. The first-order chi connectivity index (χ1) is 31.8. The Hall–Kier alpha value is -1.24. The highest BCUT2D eigenvalue weighted by molar-refractivity contribution is 5.00. The molecule has 0 aromatic rings. The Labute approximate surface area is 378 Å². The second kappa shape index (κ2) is 23.5. The molecule has 20 N–H and O–H groups in total. The van der Waals surface area contributed by atoms with Crippen LogP contribution in [-0.4, -0.2) is 326 Å². The van der Waals surface area contributed by atoms with Crippen LogP contribution in [0.5, 0.6) is 0 Å². The summed E-state index contributed by atoms with van der Waals surface area (Å²) in [6.45, 7) is -5.79. The van der Waals surface area contributed by atoms with E-state index in [-0.39, 0.29) is 0 Å². The van der Waals surface area contributed by atoms with Crippen molar-refractivity contribution in [2.45, 2.75) is 184 Å². The molecular weight excluding hydrogens is 928 g/mol. The van der Waals surface area contributed by atoms with Crippen LogP contribution in [0.4, 0.5) is 0 Å². The van der Waals surface area contributed by atoms with Gasteiger partial charge in [0.2, 0.25) is 0 Å². The van der Waals surface area contributed by atoms with Crippen molar-refractivity contribution in [3.63, 3.8) is 0 Å². The SMILES string of the molecule is OC[C@H]1O[C@@H](O[C@@H]2[C@@H](O)[C@H](O[C@@H]3[C@@H](O)[C@H](O[C@@H]4[C@@H](O)[C@H](O[C@@H]5[C@@H](O)[C@H](O[C@@H]6[C@H](O)[C@@H](O)O[C@H](CO)[C@H]6O)O[C@H](CO)[C@H]5O)O[C@H](CO)[C@H]4O)O[C@H](CO)[C@H]3O)O[C@H](CO)[C@H]2O)[C@H](O)[C@@H](O)[C@@H]1O. The largest absolute Gasteiger partial charge is 0.394 e. The molecular formula is C36H62O31. The molecule has 0 amide bonds. The first kappa shape index (κ1) is 55.1. The van der Waals surface area contributed by atoms with Crippen molar-refractivity contribution in [2.75, 3.05) is 39.6 Å². The van der Waals surface area contributed by atoms with Gasteiger partial charge in [-0.25, -0.2) is 0 Å². The van der Waals surface area contributed by atoms with E-state index in [0.29, 0.717) is 0 Å². The maximum atomic E-state index is 11.5. The van der Waals surface area contributed by atoms with Gasteiger partial charge in [0, 0.05) is 0 Å². The Morgan fingerprint density at radius 3 is 0.687 bits per heavy atom. The third kappa shape index (κ3) is 11.2. The van der Waals surface area contributed by atoms with Gasteiger partial charge in [0.1, 0.15) is 146 Å². The average Bonchev–Trinajstić information content (AvgIpc) is 3.31. The van der Waals surface area contributed by atoms with Crippen molar-refractivity contribution < 1.29 is 154 Å². The van der Waals surface area contributed by atoms with Gasteiger partial charge in [-0.3, -0.25) is 0 Å². The molecule has 0 aliphatic carbocycles. The van der Waals surface area contributed by atoms with Crippen molar-refractivity contribution in [1.82, 2.24) is 0 Å². The second-order valence-corrected chi connectivity index (χ2v) is 16.8. The highest BCUT2D eigenvalue weighted by atomic mass is 16.8. The molecule has 6 fully saturated rings. The lowest BCUT2D eigenvalue weighted by Crippen LogP contribution is -2.68. The van der Waals surface area contributed by atoms with Crippen molar-refractivity contribution >= 4 is 0 Å². The van der Waals surface area contributed by atoms with E-state index in [2.05, 4.69) is 0 Å². The van der Waals surface area contributed by atoms with Crippen molar-refractivity contribution in [3.05, 3.63) is 0 Å². The van der Waals surface area contributed by atoms with Gasteiger partial charge in [-0.2, -0.15) is 0 Å². The molecule has 0 radical (unpaired) electrons. The lowest BCUT2D eigenvalue weighted by Gasteiger charge is -2.50. The predicted octanol–water partition coefficient (Wildman–Crippen LogP) is -14.1. The summed E-state index contributed by atoms with van der Waals surface area (Å²) in [5.74, 6) is 0. The number of aliphatic hydroxyl groups excluding tert-OH is 20. The van der Waals surface area contributed by atoms with E-state index in [1.54, 1.807) is 0 Å². The van der Waals surface area contributed by atoms with Gasteiger partial charge in [0.25, 0.3) is 0 Å². The fourth-order valence-corrected chi connectivity index (χ4v) is 8.49. The topological polar surface area (TPSA) is 506 Å². The van der Waals surface area contributed by atoms with Gasteiger partial charge in [0.05, 0.1) is 39.6 Å². The van der Waals surface area contributed by atoms with Crippen LogP contribution in [0.15, 0.2) is 0 Å². The molecule has 0 spiro atoms. The molecule has 31 heteroatoms. The molecule has 0 saturated carbocycles. The highest BCUT2D eigenvalue weighted by Gasteiger charge is 2.58. The zero-order valence-electron chi connectivity index (χ0n) is 35.0. The van der Waals surface area contributed by atoms with E-state index in [1.165, 1.54) is 0 Å². The molecule has 67 heavy (non-hydrogen) atoms. The molecule has 0 aromatic carbocycles. The van der Waals surface area contributed by atoms with Gasteiger partial charge in [0.15, 0.2) is 37.7 Å². The molecule has 0 bridgehead atoms. The number of ether oxygens (including phenoxy) is 11. The van der Waals surface area contributed by atoms with Crippen LogP contribution in [0, 0.1) is 0 Å². The lowest BCUT2D eigenvalue weighted by molar-refractivity contribution is -0.398. The first-order valence-corrected chi connectivity index (χ1v) is 21.1. The molecule has 6 aliphatic rings. The van der Waals surface area contributed by atoms with E-state index < -0.39 is 224 Å². The maximum Gasteiger partial charge on any atom is 0.187 e. The van der Waals surface area contributed by atoms with Crippen LogP contribution in [0.25, 0.3) is 0 Å². The minimum Gasteiger partial charge on any atom is -0.394 e. The molecule has 392 valence electrons. The smallest absolute Gasteiger partial charge is 0.187 e. The summed E-state index contributed by atoms with van der Waals surface area (Å²) in [5, 5.41) is 211. The van der Waals surface area contributed by atoms with E-state index >= 15 is 0 Å². The van der Waals surface area contributed by atoms with E-state index in [0.717, 1.165) is 0 Å². The molecule has 0 unspecified atom stereocenters. The number of aliphatic hydroxyl groups is 20. The van der Waals surface area contributed by atoms with Gasteiger partial charge >= 0.3 is 0 Å². The molecule has 6 rings (SSSR count). The van der Waals surface area contributed by atoms with Crippen LogP contribution in [0.2, 0.25) is 0 Å². The van der Waals surface area contributed by atoms with Crippen LogP contribution >= 0.6 is 0 Å². The number of rotatable bonds is 16. The fraction of sp³-hybridized carbons (Fsp3) is 1.00. The first-order valence-electron chi connectivity index (χ1n) is 21.1. The normalized spacial score (nSPS) is 53.4. The summed E-state index contributed by atoms with van der Waals surface area (Å²) in [5.41, 5.74) is 0. The lowest BCUT2D eigenvalue weighted by atomic mass is 9.95. The fourth-order valence-electron chi connectivity index (χ4n) is 8.49. The molecule has 6 heterocycles. The van der Waals surface area contributed by atoms with Gasteiger partial charge in [-0.1, -0.05) is 0 Å². The molecule has 31 nitrogen and oxygen atoms in total. The molecule has 0 aromatic heterocycles. The van der Waals surface area contributed by atoms with Gasteiger partial charge in [-0.05, 0) is 0 Å². The summed E-state index contributed by atoms with van der Waals surface area (Å²) in [7, 11) is 0. The average molecular weight is 991 g/mol. The highest BCUT2D eigenvalue weighted by Crippen LogP contribution is 2.37. The standard InChI is InChI=1S/C36H62O31/c37-1-7-13(43)19(49)20(50)32(58-7)64-27-15(45)9(3-39)60-34(22(27)52)66-29-17(47)11(5-41)62-36(24(29)54)67-30-18(48)12(6-42)61-35(25(30)55)65-28-16(46)10(4-40)59-33(23(28)53)63-26-14(44)8(2-38)57-31(56)21(26)51/h7-56H,1-6H2/t7-,8-,9-,10-,11-,12-,13-,14-,15-,16-,17-,18-,19+,20-,21+,22-,23-,24-,25-,26+,27+,28+,29+,30+,31+,32+,33+,34+,35+,36+/m1/s1. The molecule has 6 saturated heterocycles. The van der Waals surface area contributed by atoms with Crippen molar-refractivity contribution in [3.8, 4) is 0 Å². The van der Waals surface area contributed by atoms with E-state index in [9.17, 15) is 102 Å². The Kier molecular flexibility index (Phi) is 19.4. The van der Waals surface area contributed by atoms with Crippen LogP contribution in [0.3, 0.4) is 0 Å². The molecule has 30 atom stereocenters. The third-order valence-corrected chi connectivity index (χ3v) is 12.4. The summed E-state index contributed by atoms with van der Waals surface area (Å²) >= 11 is 0. The van der Waals surface area contributed by atoms with Crippen LogP contribution < -0.4 is 0 Å². The quantitative estimate of drug-likeness (QED) is 0.0683. The summed E-state index contributed by atoms with van der Waals surface area (Å²) in [6.07, 6.45) is -58.5. The Morgan fingerprint density at radius 2 is 0.433 bits per heavy atom. The number of hydrogen-bond donors (Lipinski definition) is 20. The zero-order valence-corrected chi connectivity index (χ0v) is 35.0. The third-order valence-electron chi connectivity index (χ3n) is 12.4. The van der Waals surface area contributed by atoms with Crippen LogP contribution in [-0.2, 0) is 52.1 Å². The summed E-state index contributed by atoms with van der Waals surface area (Å²) < 4.78 is 60.4. The minimum atomic E-state index is -2.26. The Balaban J connectivity index is 1.18. The van der Waals surface area contributed by atoms with E-state index in [4.69, 9.17) is 52.1 Å². The summed E-state index contributed by atoms with van der Waals surface area (Å²) in [6, 6.07) is 0. The monoisotopic (exact) mass is 990 g/mol. The maximum absolute atomic E-state index is 11.5. The van der Waals surface area contributed by atoms with E-state index in [1.807, 2.05) is 0 Å². The molecule has 6 aliphatic heterocycles. The van der Waals surface area contributed by atoms with Gasteiger partial charge in [-0.15, -0.1) is 0 Å². The van der Waals surface area contributed by atoms with Crippen molar-refractivity contribution in [2.24, 2.45) is 0 Å². The Bertz CT molecular complexity index is 1510. The predicted molar refractivity (Wildman–Crippen MR) is 199 cm³/mol. The van der Waals surface area contributed by atoms with Crippen LogP contribution in [0.1, 0.15) is 0 Å². The Morgan fingerprint density at radius 1 is 0.224 bits per heavy atom. The second-order valence-electron chi connectivity index (χ2n) is 16.8. The minimum absolute atomic E-state index is 0.862. The zero-order chi connectivity index (χ0) is 49.3. The van der Waals surface area contributed by atoms with Crippen molar-refractivity contribution in [1.29, 1.82) is 0 Å². The summed E-state index contributed by atoms with van der Waals surface area (Å²) in [4.78, 5) is 0. The van der Waals surface area contributed by atoms with Gasteiger partial charge < -0.3 is 154 Å².